The third-order valence-corrected chi connectivity index (χ3v) is 8.64. The Bertz CT molecular complexity index is 829. The Morgan fingerprint density at radius 2 is 2.07 bits per heavy atom. The summed E-state index contributed by atoms with van der Waals surface area (Å²) in [5.74, 6) is -3.03. The lowest BCUT2D eigenvalue weighted by Gasteiger charge is -2.72. The van der Waals surface area contributed by atoms with Gasteiger partial charge in [-0.15, -0.1) is 0 Å². The summed E-state index contributed by atoms with van der Waals surface area (Å²) in [6.07, 6.45) is 3.49. The van der Waals surface area contributed by atoms with Crippen LogP contribution >= 0.6 is 0 Å². The molecule has 6 nitrogen and oxygen atoms in total. The first-order chi connectivity index (χ1) is 13.0. The first kappa shape index (κ1) is 18.5. The van der Waals surface area contributed by atoms with E-state index in [0.29, 0.717) is 12.8 Å². The highest BCUT2D eigenvalue weighted by Crippen LogP contribution is 2.76. The Morgan fingerprint density at radius 3 is 2.75 bits per heavy atom. The summed E-state index contributed by atoms with van der Waals surface area (Å²) in [5, 5.41) is 23.3. The molecule has 2 aliphatic heterocycles. The van der Waals surface area contributed by atoms with Crippen molar-refractivity contribution in [1.29, 1.82) is 0 Å². The van der Waals surface area contributed by atoms with Crippen LogP contribution in [0.15, 0.2) is 24.3 Å². The molecule has 5 unspecified atom stereocenters. The van der Waals surface area contributed by atoms with E-state index < -0.39 is 46.1 Å². The molecule has 2 spiro atoms. The van der Waals surface area contributed by atoms with Gasteiger partial charge in [-0.2, -0.15) is 0 Å². The maximum Gasteiger partial charge on any atom is 0.303 e. The summed E-state index contributed by atoms with van der Waals surface area (Å²) in [6, 6.07) is 0. The summed E-state index contributed by atoms with van der Waals surface area (Å²) >= 11 is 0. The van der Waals surface area contributed by atoms with Gasteiger partial charge in [0.15, 0.2) is 5.78 Å². The Labute approximate surface area is 164 Å². The van der Waals surface area contributed by atoms with Crippen LogP contribution in [-0.2, 0) is 19.1 Å². The fraction of sp³-hybridized carbons (Fsp3) is 0.727. The highest BCUT2D eigenvalue weighted by Gasteiger charge is 2.84. The van der Waals surface area contributed by atoms with Gasteiger partial charge in [-0.3, -0.25) is 9.59 Å². The summed E-state index contributed by atoms with van der Waals surface area (Å²) in [6.45, 7) is 9.58. The first-order valence-electron chi connectivity index (χ1n) is 10.2. The monoisotopic (exact) mass is 388 g/mol. The number of ether oxygens (including phenoxy) is 2. The minimum Gasteiger partial charge on any atom is -0.457 e. The van der Waals surface area contributed by atoms with Crippen LogP contribution in [0.2, 0.25) is 0 Å². The van der Waals surface area contributed by atoms with Gasteiger partial charge in [0.25, 0.3) is 0 Å². The van der Waals surface area contributed by atoms with Crippen molar-refractivity contribution in [2.24, 2.45) is 34.0 Å². The number of hydrogen-bond donors (Lipinski definition) is 2. The molecule has 0 aromatic heterocycles. The van der Waals surface area contributed by atoms with Crippen LogP contribution in [0.3, 0.4) is 0 Å². The van der Waals surface area contributed by atoms with E-state index in [9.17, 15) is 19.8 Å². The molecule has 0 aromatic rings. The van der Waals surface area contributed by atoms with Gasteiger partial charge in [-0.1, -0.05) is 26.5 Å². The second kappa shape index (κ2) is 5.15. The van der Waals surface area contributed by atoms with Crippen LogP contribution in [-0.4, -0.2) is 46.6 Å². The Morgan fingerprint density at radius 1 is 1.36 bits per heavy atom. The predicted octanol–water partition coefficient (Wildman–Crippen LogP) is 1.75. The minimum absolute atomic E-state index is 0.0560. The van der Waals surface area contributed by atoms with Crippen LogP contribution in [0.1, 0.15) is 40.0 Å². The molecule has 6 aliphatic rings. The number of esters is 1. The molecular formula is C22H28O6. The maximum atomic E-state index is 13.4. The fourth-order valence-corrected chi connectivity index (χ4v) is 7.73. The van der Waals surface area contributed by atoms with Crippen LogP contribution in [0.5, 0.6) is 0 Å². The molecule has 4 aliphatic carbocycles. The lowest BCUT2D eigenvalue weighted by atomic mass is 9.37. The Hall–Kier alpha value is -1.50. The molecule has 2 N–H and O–H groups in total. The molecule has 5 fully saturated rings. The SMILES string of the molecule is C=C1C2CC[C@H]3C45CO[C@@](O)(C(O)[C@@H]4C(C)(C)C=CC5=O)C3(C2)C1OC(C)=O. The molecular weight excluding hydrogens is 360 g/mol. The molecule has 28 heavy (non-hydrogen) atoms. The van der Waals surface area contributed by atoms with Gasteiger partial charge in [0, 0.05) is 12.8 Å². The summed E-state index contributed by atoms with van der Waals surface area (Å²) in [4.78, 5) is 25.3. The largest absolute Gasteiger partial charge is 0.457 e. The number of ketones is 1. The number of carbonyl (C=O) groups excluding carboxylic acids is 2. The molecule has 2 saturated heterocycles. The van der Waals surface area contributed by atoms with E-state index in [1.807, 2.05) is 19.9 Å². The molecule has 0 aromatic carbocycles. The van der Waals surface area contributed by atoms with Crippen LogP contribution < -0.4 is 0 Å². The predicted molar refractivity (Wildman–Crippen MR) is 98.7 cm³/mol. The average Bonchev–Trinajstić information content (AvgIpc) is 2.82. The molecule has 6 rings (SSSR count). The van der Waals surface area contributed by atoms with Gasteiger partial charge in [-0.25, -0.2) is 0 Å². The van der Waals surface area contributed by atoms with E-state index in [0.717, 1.165) is 12.0 Å². The molecule has 0 radical (unpaired) electrons. The highest BCUT2D eigenvalue weighted by atomic mass is 16.6. The van der Waals surface area contributed by atoms with E-state index in [1.54, 1.807) is 6.08 Å². The second-order valence-electron chi connectivity index (χ2n) is 10.1. The highest BCUT2D eigenvalue weighted by molar-refractivity contribution is 5.97. The number of aliphatic hydroxyl groups excluding tert-OH is 1. The van der Waals surface area contributed by atoms with Gasteiger partial charge >= 0.3 is 5.97 Å². The topological polar surface area (TPSA) is 93.1 Å². The molecule has 2 heterocycles. The molecule has 6 heteroatoms. The minimum atomic E-state index is -1.88. The quantitative estimate of drug-likeness (QED) is 0.525. The smallest absolute Gasteiger partial charge is 0.303 e. The fourth-order valence-electron chi connectivity index (χ4n) is 7.73. The number of hydrogen-bond acceptors (Lipinski definition) is 6. The average molecular weight is 388 g/mol. The number of allylic oxidation sites excluding steroid dienone is 2. The van der Waals surface area contributed by atoms with Crippen LogP contribution in [0, 0.1) is 34.0 Å². The maximum absolute atomic E-state index is 13.4. The van der Waals surface area contributed by atoms with Crippen molar-refractivity contribution < 1.29 is 29.3 Å². The first-order valence-corrected chi connectivity index (χ1v) is 10.2. The van der Waals surface area contributed by atoms with Gasteiger partial charge in [0.2, 0.25) is 5.79 Å². The Kier molecular flexibility index (Phi) is 3.41. The van der Waals surface area contributed by atoms with E-state index >= 15 is 0 Å². The second-order valence-corrected chi connectivity index (χ2v) is 10.1. The third-order valence-electron chi connectivity index (χ3n) is 8.64. The zero-order chi connectivity index (χ0) is 20.3. The van der Waals surface area contributed by atoms with Crippen molar-refractivity contribution in [3.63, 3.8) is 0 Å². The molecule has 0 amide bonds. The molecule has 3 saturated carbocycles. The van der Waals surface area contributed by atoms with Gasteiger partial charge in [0.1, 0.15) is 12.2 Å². The Balaban J connectivity index is 1.78. The van der Waals surface area contributed by atoms with Gasteiger partial charge < -0.3 is 19.7 Å². The van der Waals surface area contributed by atoms with E-state index in [4.69, 9.17) is 9.47 Å². The zero-order valence-electron chi connectivity index (χ0n) is 16.6. The van der Waals surface area contributed by atoms with E-state index in [2.05, 4.69) is 6.58 Å². The van der Waals surface area contributed by atoms with Crippen molar-refractivity contribution in [2.75, 3.05) is 6.61 Å². The summed E-state index contributed by atoms with van der Waals surface area (Å²) < 4.78 is 11.7. The lowest BCUT2D eigenvalue weighted by molar-refractivity contribution is -0.441. The lowest BCUT2D eigenvalue weighted by Crippen LogP contribution is -2.83. The summed E-state index contributed by atoms with van der Waals surface area (Å²) in [5.41, 5.74) is -1.70. The van der Waals surface area contributed by atoms with Crippen molar-refractivity contribution in [3.8, 4) is 0 Å². The van der Waals surface area contributed by atoms with Crippen molar-refractivity contribution >= 4 is 11.8 Å². The normalized spacial score (nSPS) is 53.0. The van der Waals surface area contributed by atoms with Gasteiger partial charge in [0.05, 0.1) is 17.4 Å². The zero-order valence-corrected chi connectivity index (χ0v) is 16.6. The van der Waals surface area contributed by atoms with E-state index in [1.165, 1.54) is 6.92 Å². The molecule has 8 atom stereocenters. The number of rotatable bonds is 1. The van der Waals surface area contributed by atoms with Crippen molar-refractivity contribution in [2.45, 2.75) is 58.0 Å². The molecule has 4 bridgehead atoms. The number of aliphatic hydroxyl groups is 2. The number of carbonyl (C=O) groups is 2. The van der Waals surface area contributed by atoms with Crippen LogP contribution in [0.25, 0.3) is 0 Å². The van der Waals surface area contributed by atoms with Crippen molar-refractivity contribution in [1.82, 2.24) is 0 Å². The number of fused-ring (bicyclic) bond motifs is 2. The van der Waals surface area contributed by atoms with Crippen LogP contribution in [0.4, 0.5) is 0 Å². The van der Waals surface area contributed by atoms with E-state index in [-0.39, 0.29) is 24.2 Å². The standard InChI is InChI=1S/C22H28O6/c1-11-13-5-6-14-20-10-27-22(26,21(14,9-13)18(11)28-12(2)23)17(25)16(20)19(3,4)8-7-15(20)24/h7-8,13-14,16-18,25-26H,1,5-6,9-10H2,2-4H3/t13?,14-,16+,17?,18?,20?,21?,22-/m0/s1. The van der Waals surface area contributed by atoms with Gasteiger partial charge in [-0.05, 0) is 48.2 Å². The molecule has 152 valence electrons. The van der Waals surface area contributed by atoms with Crippen molar-refractivity contribution in [3.05, 3.63) is 24.3 Å². The third kappa shape index (κ3) is 1.73. The summed E-state index contributed by atoms with van der Waals surface area (Å²) in [7, 11) is 0.